The third kappa shape index (κ3) is 2.55. The van der Waals surface area contributed by atoms with Crippen molar-refractivity contribution in [3.63, 3.8) is 0 Å². The van der Waals surface area contributed by atoms with E-state index in [4.69, 9.17) is 0 Å². The molecule has 0 radical (unpaired) electrons. The van der Waals surface area contributed by atoms with E-state index < -0.39 is 0 Å². The maximum absolute atomic E-state index is 12.9. The lowest BCUT2D eigenvalue weighted by atomic mass is 9.89. The molecule has 88 valence electrons. The quantitative estimate of drug-likeness (QED) is 0.723. The van der Waals surface area contributed by atoms with Gasteiger partial charge in [0.05, 0.1) is 0 Å². The third-order valence-electron chi connectivity index (χ3n) is 3.27. The molecule has 0 nitrogen and oxygen atoms in total. The molecule has 2 aromatic carbocycles. The Bertz CT molecular complexity index is 485. The molecule has 0 aliphatic heterocycles. The zero-order valence-corrected chi connectivity index (χ0v) is 10.3. The summed E-state index contributed by atoms with van der Waals surface area (Å²) >= 11 is 0. The van der Waals surface area contributed by atoms with Gasteiger partial charge in [0.15, 0.2) is 0 Å². The molecule has 0 aliphatic rings. The lowest BCUT2D eigenvalue weighted by Crippen LogP contribution is -2.00. The van der Waals surface area contributed by atoms with Gasteiger partial charge in [0.1, 0.15) is 5.82 Å². The molecule has 2 rings (SSSR count). The molecule has 0 saturated carbocycles. The van der Waals surface area contributed by atoms with Gasteiger partial charge in [-0.05, 0) is 35.2 Å². The van der Waals surface area contributed by atoms with Gasteiger partial charge in [0.2, 0.25) is 0 Å². The fourth-order valence-corrected chi connectivity index (χ4v) is 2.21. The Labute approximate surface area is 102 Å². The summed E-state index contributed by atoms with van der Waals surface area (Å²) in [4.78, 5) is 0. The average molecular weight is 228 g/mol. The Morgan fingerprint density at radius 1 is 1.00 bits per heavy atom. The molecule has 0 aliphatic carbocycles. The molecule has 0 N–H and O–H groups in total. The number of rotatable bonds is 3. The van der Waals surface area contributed by atoms with E-state index in [0.717, 1.165) is 12.0 Å². The first-order valence-corrected chi connectivity index (χ1v) is 6.05. The van der Waals surface area contributed by atoms with Crippen LogP contribution >= 0.6 is 0 Å². The summed E-state index contributed by atoms with van der Waals surface area (Å²) in [7, 11) is 0. The molecular weight excluding hydrogens is 211 g/mol. The van der Waals surface area contributed by atoms with Crippen molar-refractivity contribution in [3.8, 4) is 0 Å². The van der Waals surface area contributed by atoms with E-state index in [2.05, 4.69) is 38.1 Å². The molecule has 0 heterocycles. The fraction of sp³-hybridized carbons (Fsp3) is 0.250. The maximum Gasteiger partial charge on any atom is 0.123 e. The number of benzene rings is 2. The zero-order chi connectivity index (χ0) is 12.3. The third-order valence-corrected chi connectivity index (χ3v) is 3.27. The Morgan fingerprint density at radius 2 is 1.65 bits per heavy atom. The molecule has 0 bridgehead atoms. The van der Waals surface area contributed by atoms with Crippen molar-refractivity contribution in [1.82, 2.24) is 0 Å². The molecular formula is C16H17F. The van der Waals surface area contributed by atoms with E-state index in [1.165, 1.54) is 23.3 Å². The highest BCUT2D eigenvalue weighted by molar-refractivity contribution is 5.37. The van der Waals surface area contributed by atoms with Crippen molar-refractivity contribution in [2.75, 3.05) is 0 Å². The van der Waals surface area contributed by atoms with Crippen LogP contribution in [-0.4, -0.2) is 0 Å². The van der Waals surface area contributed by atoms with E-state index >= 15 is 0 Å². The van der Waals surface area contributed by atoms with Gasteiger partial charge >= 0.3 is 0 Å². The van der Waals surface area contributed by atoms with E-state index in [-0.39, 0.29) is 5.82 Å². The summed E-state index contributed by atoms with van der Waals surface area (Å²) in [5.74, 6) is 0.136. The molecule has 0 aromatic heterocycles. The van der Waals surface area contributed by atoms with Gasteiger partial charge < -0.3 is 0 Å². The van der Waals surface area contributed by atoms with E-state index in [1.807, 2.05) is 12.1 Å². The van der Waals surface area contributed by atoms with Crippen LogP contribution in [0.15, 0.2) is 48.5 Å². The molecule has 1 heteroatoms. The smallest absolute Gasteiger partial charge is 0.123 e. The minimum absolute atomic E-state index is 0.176. The second kappa shape index (κ2) is 5.13. The first-order valence-electron chi connectivity index (χ1n) is 6.05. The average Bonchev–Trinajstić information content (AvgIpc) is 2.39. The molecule has 1 atom stereocenters. The lowest BCUT2D eigenvalue weighted by Gasteiger charge is -2.16. The lowest BCUT2D eigenvalue weighted by molar-refractivity contribution is 0.626. The summed E-state index contributed by atoms with van der Waals surface area (Å²) in [5, 5.41) is 0. The molecule has 0 amide bonds. The Kier molecular flexibility index (Phi) is 3.58. The summed E-state index contributed by atoms with van der Waals surface area (Å²) < 4.78 is 12.9. The summed E-state index contributed by atoms with van der Waals surface area (Å²) in [5.41, 5.74) is 3.86. The second-order valence-electron chi connectivity index (χ2n) is 4.33. The maximum atomic E-state index is 12.9. The Hall–Kier alpha value is -1.63. The van der Waals surface area contributed by atoms with Crippen LogP contribution < -0.4 is 0 Å². The van der Waals surface area contributed by atoms with Crippen molar-refractivity contribution in [1.29, 1.82) is 0 Å². The van der Waals surface area contributed by atoms with Crippen LogP contribution in [0.1, 0.15) is 36.5 Å². The zero-order valence-electron chi connectivity index (χ0n) is 10.3. The highest BCUT2D eigenvalue weighted by Crippen LogP contribution is 2.27. The first kappa shape index (κ1) is 11.8. The van der Waals surface area contributed by atoms with Crippen LogP contribution in [-0.2, 0) is 6.42 Å². The molecule has 17 heavy (non-hydrogen) atoms. The number of aryl methyl sites for hydroxylation is 1. The van der Waals surface area contributed by atoms with Gasteiger partial charge in [-0.1, -0.05) is 50.2 Å². The SMILES string of the molecule is CCc1ccccc1C(C)c1ccc(F)cc1. The molecule has 2 aromatic rings. The summed E-state index contributed by atoms with van der Waals surface area (Å²) in [6.07, 6.45) is 1.03. The predicted octanol–water partition coefficient (Wildman–Crippen LogP) is 4.54. The topological polar surface area (TPSA) is 0 Å². The number of hydrogen-bond donors (Lipinski definition) is 0. The Morgan fingerprint density at radius 3 is 2.29 bits per heavy atom. The van der Waals surface area contributed by atoms with Crippen LogP contribution in [0.25, 0.3) is 0 Å². The monoisotopic (exact) mass is 228 g/mol. The number of hydrogen-bond acceptors (Lipinski definition) is 0. The minimum Gasteiger partial charge on any atom is -0.207 e. The standard InChI is InChI=1S/C16H17F/c1-3-13-6-4-5-7-16(13)12(2)14-8-10-15(17)11-9-14/h4-12H,3H2,1-2H3. The van der Waals surface area contributed by atoms with Crippen molar-refractivity contribution < 1.29 is 4.39 Å². The van der Waals surface area contributed by atoms with Crippen molar-refractivity contribution in [2.24, 2.45) is 0 Å². The van der Waals surface area contributed by atoms with E-state index in [0.29, 0.717) is 5.92 Å². The normalized spacial score (nSPS) is 12.4. The van der Waals surface area contributed by atoms with Crippen LogP contribution in [0.4, 0.5) is 4.39 Å². The van der Waals surface area contributed by atoms with Gasteiger partial charge in [-0.25, -0.2) is 4.39 Å². The molecule has 0 spiro atoms. The largest absolute Gasteiger partial charge is 0.207 e. The van der Waals surface area contributed by atoms with E-state index in [9.17, 15) is 4.39 Å². The summed E-state index contributed by atoms with van der Waals surface area (Å²) in [6.45, 7) is 4.33. The van der Waals surface area contributed by atoms with Crippen LogP contribution in [0.3, 0.4) is 0 Å². The van der Waals surface area contributed by atoms with Crippen molar-refractivity contribution in [2.45, 2.75) is 26.2 Å². The van der Waals surface area contributed by atoms with Gasteiger partial charge in [-0.15, -0.1) is 0 Å². The molecule has 1 unspecified atom stereocenters. The fourth-order valence-electron chi connectivity index (χ4n) is 2.21. The van der Waals surface area contributed by atoms with Crippen molar-refractivity contribution in [3.05, 3.63) is 71.0 Å². The predicted molar refractivity (Wildman–Crippen MR) is 69.7 cm³/mol. The van der Waals surface area contributed by atoms with Crippen molar-refractivity contribution >= 4 is 0 Å². The first-order chi connectivity index (χ1) is 8.22. The second-order valence-corrected chi connectivity index (χ2v) is 4.33. The van der Waals surface area contributed by atoms with Gasteiger partial charge in [0.25, 0.3) is 0 Å². The minimum atomic E-state index is -0.176. The molecule has 0 saturated heterocycles. The molecule has 0 fully saturated rings. The highest BCUT2D eigenvalue weighted by atomic mass is 19.1. The number of halogens is 1. The van der Waals surface area contributed by atoms with Crippen LogP contribution in [0.5, 0.6) is 0 Å². The summed E-state index contributed by atoms with van der Waals surface area (Å²) in [6, 6.07) is 15.2. The van der Waals surface area contributed by atoms with Gasteiger partial charge in [0, 0.05) is 5.92 Å². The van der Waals surface area contributed by atoms with E-state index in [1.54, 1.807) is 0 Å². The highest BCUT2D eigenvalue weighted by Gasteiger charge is 2.11. The van der Waals surface area contributed by atoms with Crippen LogP contribution in [0.2, 0.25) is 0 Å². The van der Waals surface area contributed by atoms with Gasteiger partial charge in [-0.3, -0.25) is 0 Å². The Balaban J connectivity index is 2.36. The van der Waals surface area contributed by atoms with Gasteiger partial charge in [-0.2, -0.15) is 0 Å². The van der Waals surface area contributed by atoms with Crippen LogP contribution in [0, 0.1) is 5.82 Å².